The van der Waals surface area contributed by atoms with Crippen LogP contribution in [0, 0.1) is 0 Å². The van der Waals surface area contributed by atoms with E-state index >= 15 is 0 Å². The second-order valence-electron chi connectivity index (χ2n) is 11.0. The monoisotopic (exact) mass is 612 g/mol. The molecular formula is C36H36N8O2. The molecule has 0 saturated carbocycles. The first kappa shape index (κ1) is 31.5. The van der Waals surface area contributed by atoms with E-state index in [1.807, 2.05) is 109 Å². The van der Waals surface area contributed by atoms with E-state index in [0.717, 1.165) is 33.8 Å². The molecule has 6 aromatic rings. The van der Waals surface area contributed by atoms with Crippen molar-refractivity contribution in [1.82, 2.24) is 30.4 Å². The van der Waals surface area contributed by atoms with Crippen LogP contribution in [-0.2, 0) is 0 Å². The zero-order chi connectivity index (χ0) is 32.5. The second-order valence-corrected chi connectivity index (χ2v) is 11.0. The van der Waals surface area contributed by atoms with Crippen molar-refractivity contribution in [2.45, 2.75) is 39.5 Å². The van der Waals surface area contributed by atoms with E-state index in [2.05, 4.69) is 58.1 Å². The van der Waals surface area contributed by atoms with Crippen LogP contribution in [0.2, 0.25) is 0 Å². The molecule has 4 aromatic carbocycles. The van der Waals surface area contributed by atoms with Crippen LogP contribution in [0.4, 0.5) is 11.9 Å². The summed E-state index contributed by atoms with van der Waals surface area (Å²) in [6, 6.07) is 35.1. The summed E-state index contributed by atoms with van der Waals surface area (Å²) in [6.45, 7) is 8.47. The first-order chi connectivity index (χ1) is 22.3. The Kier molecular flexibility index (Phi) is 10.1. The first-order valence-electron chi connectivity index (χ1n) is 14.9. The van der Waals surface area contributed by atoms with E-state index in [-0.39, 0.29) is 11.9 Å². The number of nitrogens with zero attached hydrogens (tertiary/aromatic N) is 6. The summed E-state index contributed by atoms with van der Waals surface area (Å²) < 4.78 is 12.0. The molecule has 2 heterocycles. The Morgan fingerprint density at radius 3 is 1.17 bits per heavy atom. The third-order valence-electron chi connectivity index (χ3n) is 6.93. The van der Waals surface area contributed by atoms with E-state index in [1.54, 1.807) is 0 Å². The summed E-state index contributed by atoms with van der Waals surface area (Å²) >= 11 is 0. The Morgan fingerprint density at radius 1 is 0.457 bits per heavy atom. The number of benzene rings is 4. The SMILES string of the molecule is CC(C)c1ccccc1Oc1nnc(N)nc1-c1ccccc1.CC(C)c1ccccc1Oc1nnc(N)nc1-c1ccccc1. The van der Waals surface area contributed by atoms with Crippen LogP contribution in [0.1, 0.15) is 50.7 Å². The van der Waals surface area contributed by atoms with Gasteiger partial charge in [-0.1, -0.05) is 125 Å². The minimum absolute atomic E-state index is 0.119. The van der Waals surface area contributed by atoms with E-state index in [1.165, 1.54) is 0 Å². The second kappa shape index (κ2) is 14.7. The van der Waals surface area contributed by atoms with Gasteiger partial charge in [-0.3, -0.25) is 0 Å². The first-order valence-corrected chi connectivity index (χ1v) is 14.9. The van der Waals surface area contributed by atoms with Gasteiger partial charge in [-0.05, 0) is 35.1 Å². The van der Waals surface area contributed by atoms with Gasteiger partial charge in [0.2, 0.25) is 11.9 Å². The van der Waals surface area contributed by atoms with E-state index in [9.17, 15) is 0 Å². The fraction of sp³-hybridized carbons (Fsp3) is 0.167. The van der Waals surface area contributed by atoms with Gasteiger partial charge in [0.25, 0.3) is 11.8 Å². The number of aromatic nitrogens is 6. The summed E-state index contributed by atoms with van der Waals surface area (Å²) in [7, 11) is 0. The maximum absolute atomic E-state index is 6.02. The Labute approximate surface area is 268 Å². The van der Waals surface area contributed by atoms with Gasteiger partial charge in [-0.25, -0.2) is 9.97 Å². The van der Waals surface area contributed by atoms with Crippen molar-refractivity contribution in [2.24, 2.45) is 0 Å². The predicted octanol–water partition coefficient (Wildman–Crippen LogP) is 8.07. The number of hydrogen-bond acceptors (Lipinski definition) is 10. The molecule has 0 unspecified atom stereocenters. The van der Waals surface area contributed by atoms with Gasteiger partial charge in [0.1, 0.15) is 22.9 Å². The number of ether oxygens (including phenoxy) is 2. The normalized spacial score (nSPS) is 10.7. The molecule has 0 radical (unpaired) electrons. The lowest BCUT2D eigenvalue weighted by Gasteiger charge is -2.14. The van der Waals surface area contributed by atoms with E-state index < -0.39 is 0 Å². The fourth-order valence-electron chi connectivity index (χ4n) is 4.67. The van der Waals surface area contributed by atoms with Crippen LogP contribution in [0.15, 0.2) is 109 Å². The van der Waals surface area contributed by atoms with Gasteiger partial charge in [-0.2, -0.15) is 0 Å². The van der Waals surface area contributed by atoms with Crippen molar-refractivity contribution in [1.29, 1.82) is 0 Å². The minimum atomic E-state index is 0.119. The molecule has 0 atom stereocenters. The van der Waals surface area contributed by atoms with Crippen LogP contribution in [-0.4, -0.2) is 30.4 Å². The fourth-order valence-corrected chi connectivity index (χ4v) is 4.67. The number of hydrogen-bond donors (Lipinski definition) is 2. The van der Waals surface area contributed by atoms with Crippen molar-refractivity contribution in [3.8, 4) is 45.8 Å². The molecule has 0 aliphatic rings. The van der Waals surface area contributed by atoms with Gasteiger partial charge < -0.3 is 20.9 Å². The number of rotatable bonds is 8. The van der Waals surface area contributed by atoms with Crippen molar-refractivity contribution in [2.75, 3.05) is 11.5 Å². The molecule has 232 valence electrons. The zero-order valence-electron chi connectivity index (χ0n) is 26.2. The molecule has 4 N–H and O–H groups in total. The highest BCUT2D eigenvalue weighted by atomic mass is 16.5. The number of nitrogen functional groups attached to an aromatic ring is 2. The Morgan fingerprint density at radius 2 is 0.804 bits per heavy atom. The third kappa shape index (κ3) is 7.78. The predicted molar refractivity (Wildman–Crippen MR) is 181 cm³/mol. The Hall–Kier alpha value is -5.90. The summed E-state index contributed by atoms with van der Waals surface area (Å²) in [5, 5.41) is 15.8. The summed E-state index contributed by atoms with van der Waals surface area (Å²) in [6.07, 6.45) is 0. The largest absolute Gasteiger partial charge is 0.436 e. The maximum Gasteiger partial charge on any atom is 0.265 e. The maximum atomic E-state index is 6.02. The van der Waals surface area contributed by atoms with Crippen LogP contribution in [0.3, 0.4) is 0 Å². The van der Waals surface area contributed by atoms with E-state index in [0.29, 0.717) is 35.0 Å². The molecule has 2 aromatic heterocycles. The number of anilines is 2. The van der Waals surface area contributed by atoms with Crippen LogP contribution in [0.25, 0.3) is 22.5 Å². The van der Waals surface area contributed by atoms with Crippen molar-refractivity contribution in [3.05, 3.63) is 120 Å². The van der Waals surface area contributed by atoms with Gasteiger partial charge in [-0.15, -0.1) is 20.4 Å². The number of nitrogens with two attached hydrogens (primary N) is 2. The van der Waals surface area contributed by atoms with Gasteiger partial charge in [0.15, 0.2) is 0 Å². The topological polar surface area (TPSA) is 148 Å². The van der Waals surface area contributed by atoms with Gasteiger partial charge in [0, 0.05) is 11.1 Å². The summed E-state index contributed by atoms with van der Waals surface area (Å²) in [5.41, 5.74) is 16.5. The highest BCUT2D eigenvalue weighted by molar-refractivity contribution is 5.66. The molecule has 0 fully saturated rings. The van der Waals surface area contributed by atoms with Gasteiger partial charge >= 0.3 is 0 Å². The number of para-hydroxylation sites is 2. The molecule has 0 aliphatic carbocycles. The quantitative estimate of drug-likeness (QED) is 0.173. The molecule has 0 saturated heterocycles. The van der Waals surface area contributed by atoms with Crippen LogP contribution in [0.5, 0.6) is 23.3 Å². The molecule has 0 amide bonds. The molecule has 46 heavy (non-hydrogen) atoms. The molecule has 6 rings (SSSR count). The van der Waals surface area contributed by atoms with E-state index in [4.69, 9.17) is 20.9 Å². The van der Waals surface area contributed by atoms with Crippen LogP contribution >= 0.6 is 0 Å². The average molecular weight is 613 g/mol. The molecule has 0 spiro atoms. The smallest absolute Gasteiger partial charge is 0.265 e. The summed E-state index contributed by atoms with van der Waals surface area (Å²) in [5.74, 6) is 3.10. The lowest BCUT2D eigenvalue weighted by molar-refractivity contribution is 0.446. The molecule has 10 heteroatoms. The van der Waals surface area contributed by atoms with Crippen molar-refractivity contribution < 1.29 is 9.47 Å². The molecule has 0 bridgehead atoms. The molecule has 10 nitrogen and oxygen atoms in total. The Balaban J connectivity index is 0.000000181. The molecule has 0 aliphatic heterocycles. The van der Waals surface area contributed by atoms with Crippen molar-refractivity contribution in [3.63, 3.8) is 0 Å². The minimum Gasteiger partial charge on any atom is -0.436 e. The molecular weight excluding hydrogens is 576 g/mol. The Bertz CT molecular complexity index is 1740. The standard InChI is InChI=1S/2C18H18N4O/c2*1-12(2)14-10-6-7-11-15(14)23-17-16(20-18(19)22-21-17)13-8-4-3-5-9-13/h2*3-12H,1-2H3,(H2,19,20,22). The zero-order valence-corrected chi connectivity index (χ0v) is 26.2. The average Bonchev–Trinajstić information content (AvgIpc) is 3.08. The highest BCUT2D eigenvalue weighted by Crippen LogP contribution is 2.35. The van der Waals surface area contributed by atoms with Crippen LogP contribution < -0.4 is 20.9 Å². The summed E-state index contributed by atoms with van der Waals surface area (Å²) in [4.78, 5) is 8.59. The lowest BCUT2D eigenvalue weighted by atomic mass is 10.0. The van der Waals surface area contributed by atoms with Crippen molar-refractivity contribution >= 4 is 11.9 Å². The highest BCUT2D eigenvalue weighted by Gasteiger charge is 2.17. The lowest BCUT2D eigenvalue weighted by Crippen LogP contribution is -2.03. The third-order valence-corrected chi connectivity index (χ3v) is 6.93. The van der Waals surface area contributed by atoms with Gasteiger partial charge in [0.05, 0.1) is 0 Å².